The molecule has 0 saturated carbocycles. The molecular weight excluding hydrogens is 418 g/mol. The van der Waals surface area contributed by atoms with E-state index in [4.69, 9.17) is 16.3 Å². The van der Waals surface area contributed by atoms with Crippen LogP contribution in [0.1, 0.15) is 12.5 Å². The Bertz CT molecular complexity index is 996. The van der Waals surface area contributed by atoms with Crippen molar-refractivity contribution in [2.75, 3.05) is 18.5 Å². The zero-order valence-electron chi connectivity index (χ0n) is 17.5. The predicted octanol–water partition coefficient (Wildman–Crippen LogP) is 2.63. The van der Waals surface area contributed by atoms with Gasteiger partial charge in [-0.2, -0.15) is 5.10 Å². The first-order chi connectivity index (χ1) is 15.0. The summed E-state index contributed by atoms with van der Waals surface area (Å²) in [6.45, 7) is 2.31. The van der Waals surface area contributed by atoms with E-state index in [1.807, 2.05) is 30.3 Å². The van der Waals surface area contributed by atoms with E-state index < -0.39 is 12.3 Å². The van der Waals surface area contributed by atoms with E-state index in [1.165, 1.54) is 0 Å². The van der Waals surface area contributed by atoms with Gasteiger partial charge in [0, 0.05) is 38.0 Å². The number of carbonyl (C=O) groups is 1. The number of aliphatic hydroxyl groups excluding tert-OH is 1. The topological polar surface area (TPSA) is 101 Å². The lowest BCUT2D eigenvalue weighted by Gasteiger charge is -2.20. The molecule has 9 heteroatoms. The summed E-state index contributed by atoms with van der Waals surface area (Å²) in [4.78, 5) is 17.0. The van der Waals surface area contributed by atoms with E-state index in [0.717, 1.165) is 11.1 Å². The first-order valence-corrected chi connectivity index (χ1v) is 10.4. The molecule has 0 aliphatic heterocycles. The number of aromatic nitrogens is 3. The maximum atomic E-state index is 13.1. The minimum absolute atomic E-state index is 0.130. The maximum Gasteiger partial charge on any atom is 0.242 e. The minimum atomic E-state index is -0.990. The van der Waals surface area contributed by atoms with Gasteiger partial charge in [-0.05, 0) is 31.0 Å². The Morgan fingerprint density at radius 3 is 2.74 bits per heavy atom. The van der Waals surface area contributed by atoms with Crippen LogP contribution in [-0.2, 0) is 23.0 Å². The van der Waals surface area contributed by atoms with Crippen molar-refractivity contribution in [1.82, 2.24) is 20.1 Å². The Morgan fingerprint density at radius 2 is 2.03 bits per heavy atom. The average Bonchev–Trinajstić information content (AvgIpc) is 3.12. The maximum absolute atomic E-state index is 13.1. The van der Waals surface area contributed by atoms with Gasteiger partial charge in [0.2, 0.25) is 5.91 Å². The number of rotatable bonds is 10. The van der Waals surface area contributed by atoms with E-state index >= 15 is 0 Å². The zero-order valence-corrected chi connectivity index (χ0v) is 18.2. The Balaban J connectivity index is 1.74. The number of aryl methyl sites for hydroxylation is 1. The van der Waals surface area contributed by atoms with Crippen LogP contribution in [0, 0.1) is 0 Å². The second-order valence-corrected chi connectivity index (χ2v) is 7.34. The van der Waals surface area contributed by atoms with E-state index in [2.05, 4.69) is 20.7 Å². The standard InChI is InChI=1S/C22H26ClN5O3/c1-3-31-21(29)14-25-18(11-15-7-5-4-6-8-15)22(30)26-20-13-17(27-28(20)2)16-9-10-24-19(23)12-16/h4-10,12-13,18,21,25,29H,3,11,14H2,1-2H3,(H,26,30)/t18-,21?/m0/s1. The van der Waals surface area contributed by atoms with Crippen molar-refractivity contribution in [3.05, 3.63) is 65.4 Å². The Morgan fingerprint density at radius 1 is 1.26 bits per heavy atom. The summed E-state index contributed by atoms with van der Waals surface area (Å²) in [5.41, 5.74) is 2.47. The number of pyridine rings is 1. The number of halogens is 1. The van der Waals surface area contributed by atoms with Crippen molar-refractivity contribution in [2.24, 2.45) is 7.05 Å². The number of anilines is 1. The Labute approximate surface area is 186 Å². The highest BCUT2D eigenvalue weighted by atomic mass is 35.5. The SMILES string of the molecule is CCOC(O)CN[C@@H](Cc1ccccc1)C(=O)Nc1cc(-c2ccnc(Cl)c2)nn1C. The highest BCUT2D eigenvalue weighted by Crippen LogP contribution is 2.23. The summed E-state index contributed by atoms with van der Waals surface area (Å²) in [7, 11) is 1.75. The molecule has 31 heavy (non-hydrogen) atoms. The monoisotopic (exact) mass is 443 g/mol. The lowest BCUT2D eigenvalue weighted by Crippen LogP contribution is -2.45. The van der Waals surface area contributed by atoms with Gasteiger partial charge in [-0.25, -0.2) is 4.98 Å². The normalized spacial score (nSPS) is 13.0. The van der Waals surface area contributed by atoms with E-state index in [9.17, 15) is 9.90 Å². The molecule has 0 radical (unpaired) electrons. The van der Waals surface area contributed by atoms with Gasteiger partial charge in [-0.15, -0.1) is 0 Å². The van der Waals surface area contributed by atoms with Gasteiger partial charge >= 0.3 is 0 Å². The summed E-state index contributed by atoms with van der Waals surface area (Å²) < 4.78 is 6.75. The third-order valence-electron chi connectivity index (χ3n) is 4.65. The largest absolute Gasteiger partial charge is 0.367 e. The molecule has 2 aromatic heterocycles. The van der Waals surface area contributed by atoms with E-state index in [-0.39, 0.29) is 12.5 Å². The summed E-state index contributed by atoms with van der Waals surface area (Å²) in [6, 6.07) is 14.4. The number of aliphatic hydroxyl groups is 1. The van der Waals surface area contributed by atoms with Crippen LogP contribution in [0.25, 0.3) is 11.3 Å². The Kier molecular flexibility index (Phi) is 8.13. The highest BCUT2D eigenvalue weighted by Gasteiger charge is 2.21. The summed E-state index contributed by atoms with van der Waals surface area (Å²) in [5.74, 6) is 0.299. The first kappa shape index (κ1) is 22.9. The lowest BCUT2D eigenvalue weighted by molar-refractivity contribution is -0.119. The van der Waals surface area contributed by atoms with Crippen LogP contribution in [0.5, 0.6) is 0 Å². The van der Waals surface area contributed by atoms with Crippen LogP contribution in [0.3, 0.4) is 0 Å². The van der Waals surface area contributed by atoms with Gasteiger partial charge in [0.25, 0.3) is 0 Å². The molecule has 0 bridgehead atoms. The second-order valence-electron chi connectivity index (χ2n) is 6.96. The molecule has 164 valence electrons. The zero-order chi connectivity index (χ0) is 22.2. The van der Waals surface area contributed by atoms with Gasteiger partial charge in [-0.3, -0.25) is 9.48 Å². The fourth-order valence-corrected chi connectivity index (χ4v) is 3.28. The third-order valence-corrected chi connectivity index (χ3v) is 4.86. The molecule has 0 aliphatic rings. The highest BCUT2D eigenvalue weighted by molar-refractivity contribution is 6.29. The molecule has 0 aliphatic carbocycles. The average molecular weight is 444 g/mol. The van der Waals surface area contributed by atoms with Crippen molar-refractivity contribution in [2.45, 2.75) is 25.7 Å². The summed E-state index contributed by atoms with van der Waals surface area (Å²) >= 11 is 5.97. The number of hydrogen-bond donors (Lipinski definition) is 3. The molecule has 2 atom stereocenters. The van der Waals surface area contributed by atoms with Crippen molar-refractivity contribution in [1.29, 1.82) is 0 Å². The number of carbonyl (C=O) groups excluding carboxylic acids is 1. The molecule has 1 amide bonds. The van der Waals surface area contributed by atoms with Gasteiger partial charge in [0.15, 0.2) is 6.29 Å². The first-order valence-electron chi connectivity index (χ1n) is 10.00. The smallest absolute Gasteiger partial charge is 0.242 e. The van der Waals surface area contributed by atoms with Crippen LogP contribution < -0.4 is 10.6 Å². The van der Waals surface area contributed by atoms with Crippen molar-refractivity contribution >= 4 is 23.3 Å². The predicted molar refractivity (Wildman–Crippen MR) is 120 cm³/mol. The molecule has 3 aromatic rings. The molecule has 1 unspecified atom stereocenters. The number of benzene rings is 1. The minimum Gasteiger partial charge on any atom is -0.367 e. The second kappa shape index (κ2) is 11.0. The third kappa shape index (κ3) is 6.60. The lowest BCUT2D eigenvalue weighted by atomic mass is 10.1. The quantitative estimate of drug-likeness (QED) is 0.329. The molecule has 1 aromatic carbocycles. The molecule has 2 heterocycles. The number of nitrogens with one attached hydrogen (secondary N) is 2. The molecule has 8 nitrogen and oxygen atoms in total. The Hall–Kier alpha value is -2.78. The van der Waals surface area contributed by atoms with Gasteiger partial charge in [0.1, 0.15) is 11.0 Å². The number of amides is 1. The molecular formula is C22H26ClN5O3. The molecule has 0 fully saturated rings. The fraction of sp³-hybridized carbons (Fsp3) is 0.318. The molecule has 0 spiro atoms. The van der Waals surface area contributed by atoms with E-state index in [0.29, 0.717) is 29.7 Å². The van der Waals surface area contributed by atoms with Gasteiger partial charge in [0.05, 0.1) is 11.7 Å². The molecule has 3 rings (SSSR count). The molecule has 3 N–H and O–H groups in total. The van der Waals surface area contributed by atoms with Crippen LogP contribution in [-0.4, -0.2) is 51.3 Å². The number of ether oxygens (including phenoxy) is 1. The van der Waals surface area contributed by atoms with Crippen LogP contribution >= 0.6 is 11.6 Å². The van der Waals surface area contributed by atoms with Crippen LogP contribution in [0.4, 0.5) is 5.82 Å². The van der Waals surface area contributed by atoms with Gasteiger partial charge < -0.3 is 20.5 Å². The van der Waals surface area contributed by atoms with Crippen LogP contribution in [0.15, 0.2) is 54.7 Å². The molecule has 0 saturated heterocycles. The number of hydrogen-bond acceptors (Lipinski definition) is 6. The van der Waals surface area contributed by atoms with Crippen molar-refractivity contribution in [3.63, 3.8) is 0 Å². The summed E-state index contributed by atoms with van der Waals surface area (Å²) in [5, 5.41) is 20.7. The van der Waals surface area contributed by atoms with Gasteiger partial charge in [-0.1, -0.05) is 41.9 Å². The number of nitrogens with zero attached hydrogens (tertiary/aromatic N) is 3. The van der Waals surface area contributed by atoms with Crippen molar-refractivity contribution < 1.29 is 14.6 Å². The fourth-order valence-electron chi connectivity index (χ4n) is 3.10. The van der Waals surface area contributed by atoms with E-state index in [1.54, 1.807) is 43.0 Å². The summed E-state index contributed by atoms with van der Waals surface area (Å²) in [6.07, 6.45) is 1.07. The van der Waals surface area contributed by atoms with Crippen LogP contribution in [0.2, 0.25) is 5.15 Å². The van der Waals surface area contributed by atoms with Crippen molar-refractivity contribution in [3.8, 4) is 11.3 Å².